The minimum atomic E-state index is -1.86. The van der Waals surface area contributed by atoms with E-state index in [0.29, 0.717) is 11.1 Å². The molecule has 0 spiro atoms. The second-order valence-electron chi connectivity index (χ2n) is 22.0. The van der Waals surface area contributed by atoms with Crippen molar-refractivity contribution in [2.45, 2.75) is 159 Å². The molecule has 0 bridgehead atoms. The molecule has 0 saturated carbocycles. The van der Waals surface area contributed by atoms with Gasteiger partial charge in [-0.25, -0.2) is 0 Å². The summed E-state index contributed by atoms with van der Waals surface area (Å²) in [7, 11) is 0. The number of rotatable bonds is 37. The van der Waals surface area contributed by atoms with E-state index in [2.05, 4.69) is 47.9 Å². The highest BCUT2D eigenvalue weighted by Gasteiger charge is 2.42. The summed E-state index contributed by atoms with van der Waals surface area (Å²) in [5, 5.41) is 43.3. The van der Waals surface area contributed by atoms with E-state index in [-0.39, 0.29) is 69.1 Å². The smallest absolute Gasteiger partial charge is 0.248 e. The molecule has 1 saturated heterocycles. The first-order valence-corrected chi connectivity index (χ1v) is 29.9. The third-order valence-electron chi connectivity index (χ3n) is 13.8. The number of carbonyl (C=O) groups excluding carboxylic acids is 13. The fourth-order valence-electron chi connectivity index (χ4n) is 9.34. The molecule has 11 atom stereocenters. The molecule has 3 rings (SSSR count). The number of aliphatic hydroxyl groups is 2. The van der Waals surface area contributed by atoms with Crippen molar-refractivity contribution >= 4 is 88.6 Å². The van der Waals surface area contributed by atoms with Crippen LogP contribution in [0.25, 0.3) is 0 Å². The van der Waals surface area contributed by atoms with Gasteiger partial charge in [-0.2, -0.15) is 11.8 Å². The van der Waals surface area contributed by atoms with E-state index in [1.807, 2.05) is 0 Å². The predicted molar refractivity (Wildman–Crippen MR) is 319 cm³/mol. The highest BCUT2D eigenvalue weighted by atomic mass is 32.2. The maximum absolute atomic E-state index is 14.1. The molecule has 1 fully saturated rings. The van der Waals surface area contributed by atoms with Crippen LogP contribution in [0, 0.1) is 11.8 Å². The topological polar surface area (TPSA) is 478 Å². The zero-order chi connectivity index (χ0) is 65.1. The van der Waals surface area contributed by atoms with Crippen LogP contribution in [-0.4, -0.2) is 190 Å². The van der Waals surface area contributed by atoms with Gasteiger partial charge in [0.1, 0.15) is 60.4 Å². The summed E-state index contributed by atoms with van der Waals surface area (Å²) in [4.78, 5) is 176. The minimum Gasteiger partial charge on any atom is -0.394 e. The molecular formula is C57H86N14O15S. The molecule has 19 N–H and O–H groups in total. The number of thioether (sulfide) groups is 1. The SMILES string of the molecule is CSCC[C@@H](NC(=O)[C@H](CC(N)=O)NC(=O)[C@H]1CCCN1C(=O)[C@H](NC(=O)[C@H](CC(C)C)NC(=O)CN)[C@H](C)O)C(=O)N[C@@H](CC(N)=O)C(=O)N[C@@H](CO)C(=O)N[C@@H](CC(C)C)C(=O)N[C@@H](Cc1ccccc1)C(=O)N[C@@H](Cc1ccccc1)C(N)=O. The molecule has 87 heavy (non-hydrogen) atoms. The molecule has 0 radical (unpaired) electrons. The van der Waals surface area contributed by atoms with Crippen LogP contribution in [0.4, 0.5) is 0 Å². The number of hydrogen-bond donors (Lipinski definition) is 15. The van der Waals surface area contributed by atoms with E-state index in [4.69, 9.17) is 22.9 Å². The Morgan fingerprint density at radius 2 is 0.966 bits per heavy atom. The lowest BCUT2D eigenvalue weighted by atomic mass is 10.00. The number of hydrogen-bond acceptors (Lipinski definition) is 17. The number of aliphatic hydroxyl groups excluding tert-OH is 2. The summed E-state index contributed by atoms with van der Waals surface area (Å²) in [5.74, 6) is -12.6. The van der Waals surface area contributed by atoms with Gasteiger partial charge in [0.2, 0.25) is 76.8 Å². The average Bonchev–Trinajstić information content (AvgIpc) is 3.05. The Morgan fingerprint density at radius 1 is 0.552 bits per heavy atom. The first kappa shape index (κ1) is 73.0. The minimum absolute atomic E-state index is 0.0296. The van der Waals surface area contributed by atoms with Gasteiger partial charge in [-0.05, 0) is 74.0 Å². The number of carbonyl (C=O) groups is 13. The maximum Gasteiger partial charge on any atom is 0.248 e. The van der Waals surface area contributed by atoms with Crippen molar-refractivity contribution in [2.24, 2.45) is 34.8 Å². The molecule has 0 aliphatic carbocycles. The molecule has 1 aliphatic rings. The maximum atomic E-state index is 14.1. The van der Waals surface area contributed by atoms with Crippen molar-refractivity contribution in [1.82, 2.24) is 52.8 Å². The van der Waals surface area contributed by atoms with E-state index >= 15 is 0 Å². The first-order chi connectivity index (χ1) is 41.1. The fourth-order valence-corrected chi connectivity index (χ4v) is 9.81. The van der Waals surface area contributed by atoms with Gasteiger partial charge in [0, 0.05) is 19.4 Å². The highest BCUT2D eigenvalue weighted by Crippen LogP contribution is 2.21. The van der Waals surface area contributed by atoms with Crippen LogP contribution < -0.4 is 70.8 Å². The van der Waals surface area contributed by atoms with Crippen LogP contribution in [0.5, 0.6) is 0 Å². The largest absolute Gasteiger partial charge is 0.394 e. The van der Waals surface area contributed by atoms with Crippen molar-refractivity contribution in [2.75, 3.05) is 31.7 Å². The van der Waals surface area contributed by atoms with Crippen LogP contribution in [0.2, 0.25) is 0 Å². The lowest BCUT2D eigenvalue weighted by Crippen LogP contribution is -2.62. The normalized spacial score (nSPS) is 16.4. The summed E-state index contributed by atoms with van der Waals surface area (Å²) in [5.41, 5.74) is 23.4. The third kappa shape index (κ3) is 25.0. The first-order valence-electron chi connectivity index (χ1n) is 28.5. The van der Waals surface area contributed by atoms with Gasteiger partial charge < -0.3 is 85.9 Å². The molecule has 30 heteroatoms. The molecule has 29 nitrogen and oxygen atoms in total. The van der Waals surface area contributed by atoms with Gasteiger partial charge in [0.25, 0.3) is 0 Å². The number of nitrogens with two attached hydrogens (primary N) is 4. The average molecular weight is 1240 g/mol. The number of nitrogens with zero attached hydrogens (tertiary/aromatic N) is 1. The van der Waals surface area contributed by atoms with Gasteiger partial charge in [0.15, 0.2) is 0 Å². The van der Waals surface area contributed by atoms with Gasteiger partial charge in [-0.3, -0.25) is 62.3 Å². The van der Waals surface area contributed by atoms with Crippen molar-refractivity contribution in [3.63, 3.8) is 0 Å². The standard InChI is InChI=1S/C57H86N14O15S/c1-30(2)22-37(62-46(76)28-58)54(83)70-47(32(5)73)57(86)71-20-13-18-43(71)56(85)68-41(27-45(60)75)52(81)63-35(19-21-87-6)49(78)67-40(26-44(59)74)53(82)69-42(29-72)55(84)65-38(23-31(3)4)50(79)66-39(25-34-16-11-8-12-17-34)51(80)64-36(48(61)77)24-33-14-9-7-10-15-33/h7-12,14-17,30-32,35-43,47,72-73H,13,18-29,58H2,1-6H3,(H2,59,74)(H2,60,75)(H2,61,77)(H,62,76)(H,63,81)(H,64,80)(H,65,84)(H,66,79)(H,67,78)(H,68,85)(H,69,82)(H,70,83)/t32-,35+,36-,37-,38-,39-,40-,41-,42-,43+,47+/m0/s1. The van der Waals surface area contributed by atoms with Crippen LogP contribution in [0.1, 0.15) is 90.7 Å². The second-order valence-corrected chi connectivity index (χ2v) is 23.0. The van der Waals surface area contributed by atoms with E-state index < -0.39 is 169 Å². The van der Waals surface area contributed by atoms with Gasteiger partial charge >= 0.3 is 0 Å². The van der Waals surface area contributed by atoms with Crippen molar-refractivity contribution < 1.29 is 72.5 Å². The second kappa shape index (κ2) is 36.7. The molecule has 2 aromatic carbocycles. The molecule has 1 heterocycles. The van der Waals surface area contributed by atoms with Crippen molar-refractivity contribution in [3.8, 4) is 0 Å². The fraction of sp³-hybridized carbons (Fsp3) is 0.561. The van der Waals surface area contributed by atoms with Gasteiger partial charge in [-0.15, -0.1) is 0 Å². The molecule has 480 valence electrons. The van der Waals surface area contributed by atoms with Crippen LogP contribution in [0.15, 0.2) is 60.7 Å². The summed E-state index contributed by atoms with van der Waals surface area (Å²) < 4.78 is 0. The summed E-state index contributed by atoms with van der Waals surface area (Å²) in [6.07, 6.45) is -1.29. The Bertz CT molecular complexity index is 2710. The number of primary amides is 3. The quantitative estimate of drug-likeness (QED) is 0.0302. The molecular weight excluding hydrogens is 1150 g/mol. The van der Waals surface area contributed by atoms with E-state index in [1.54, 1.807) is 94.6 Å². The lowest BCUT2D eigenvalue weighted by Gasteiger charge is -2.32. The van der Waals surface area contributed by atoms with Gasteiger partial charge in [-0.1, -0.05) is 88.4 Å². The Hall–Kier alpha value is -8.22. The molecule has 2 aromatic rings. The number of likely N-dealkylation sites (tertiary alicyclic amines) is 1. The highest BCUT2D eigenvalue weighted by molar-refractivity contribution is 7.98. The van der Waals surface area contributed by atoms with Crippen LogP contribution in [-0.2, 0) is 75.2 Å². The number of benzene rings is 2. The van der Waals surface area contributed by atoms with Crippen molar-refractivity contribution in [1.29, 1.82) is 0 Å². The Morgan fingerprint density at radius 3 is 1.45 bits per heavy atom. The molecule has 13 amide bonds. The van der Waals surface area contributed by atoms with Crippen LogP contribution in [0.3, 0.4) is 0 Å². The Labute approximate surface area is 509 Å². The summed E-state index contributed by atoms with van der Waals surface area (Å²) in [6, 6.07) is 2.41. The zero-order valence-electron chi connectivity index (χ0n) is 49.8. The van der Waals surface area contributed by atoms with Gasteiger partial charge in [0.05, 0.1) is 32.1 Å². The summed E-state index contributed by atoms with van der Waals surface area (Å²) >= 11 is 1.24. The Kier molecular flexibility index (Phi) is 30.8. The zero-order valence-corrected chi connectivity index (χ0v) is 50.7. The predicted octanol–water partition coefficient (Wildman–Crippen LogP) is -4.76. The van der Waals surface area contributed by atoms with E-state index in [9.17, 15) is 72.5 Å². The third-order valence-corrected chi connectivity index (χ3v) is 14.4. The van der Waals surface area contributed by atoms with E-state index in [1.165, 1.54) is 18.7 Å². The number of amides is 13. The van der Waals surface area contributed by atoms with Crippen molar-refractivity contribution in [3.05, 3.63) is 71.8 Å². The Balaban J connectivity index is 1.82. The summed E-state index contributed by atoms with van der Waals surface area (Å²) in [6.45, 7) is 6.76. The lowest BCUT2D eigenvalue weighted by molar-refractivity contribution is -0.145. The van der Waals surface area contributed by atoms with E-state index in [0.717, 1.165) is 4.90 Å². The molecule has 0 unspecified atom stereocenters. The monoisotopic (exact) mass is 1240 g/mol. The number of nitrogens with one attached hydrogen (secondary N) is 9. The van der Waals surface area contributed by atoms with Crippen LogP contribution >= 0.6 is 11.8 Å². The molecule has 1 aliphatic heterocycles. The molecule has 0 aromatic heterocycles.